The van der Waals surface area contributed by atoms with E-state index in [0.29, 0.717) is 19.3 Å². The van der Waals surface area contributed by atoms with Gasteiger partial charge in [-0.2, -0.15) is 0 Å². The van der Waals surface area contributed by atoms with Crippen molar-refractivity contribution in [2.75, 3.05) is 13.2 Å². The Bertz CT molecular complexity index is 1560. The summed E-state index contributed by atoms with van der Waals surface area (Å²) >= 11 is 0. The molecule has 0 saturated heterocycles. The summed E-state index contributed by atoms with van der Waals surface area (Å²) in [4.78, 5) is 38.4. The Morgan fingerprint density at radius 2 is 0.500 bits per heavy atom. The fourth-order valence-corrected chi connectivity index (χ4v) is 9.70. The number of allylic oxidation sites excluding steroid dienone is 16. The highest BCUT2D eigenvalue weighted by atomic mass is 16.6. The lowest BCUT2D eigenvalue weighted by molar-refractivity contribution is -0.167. The van der Waals surface area contributed by atoms with Gasteiger partial charge in [-0.1, -0.05) is 317 Å². The van der Waals surface area contributed by atoms with E-state index in [-0.39, 0.29) is 31.1 Å². The molecule has 0 spiro atoms. The second-order valence-electron chi connectivity index (χ2n) is 22.7. The third kappa shape index (κ3) is 65.1. The second-order valence-corrected chi connectivity index (χ2v) is 22.7. The van der Waals surface area contributed by atoms with Crippen LogP contribution in [0.15, 0.2) is 97.2 Å². The maximum Gasteiger partial charge on any atom is 0.306 e. The number of hydrogen-bond donors (Lipinski definition) is 0. The maximum absolute atomic E-state index is 12.9. The SMILES string of the molecule is CC/C=C\C/C=C\C/C=C\C/C=C\C/C=C\C/C=C\CCCCCCCCCCCCCCC(=O)OCC(COC(=O)CCCCCCC/C=C\C/C=C\CCCC)OC(=O)CCCCCCCCCCCCCCCCCCC. The molecular formula is C74H128O6. The number of carbonyl (C=O) groups excluding carboxylic acids is 3. The van der Waals surface area contributed by atoms with Gasteiger partial charge in [0.2, 0.25) is 0 Å². The summed E-state index contributed by atoms with van der Waals surface area (Å²) < 4.78 is 17.0. The molecule has 0 aromatic rings. The van der Waals surface area contributed by atoms with Crippen molar-refractivity contribution < 1.29 is 28.6 Å². The Kier molecular flexibility index (Phi) is 64.7. The summed E-state index contributed by atoms with van der Waals surface area (Å²) in [7, 11) is 0. The number of ether oxygens (including phenoxy) is 3. The number of carbonyl (C=O) groups is 3. The molecule has 0 aliphatic carbocycles. The zero-order valence-corrected chi connectivity index (χ0v) is 52.8. The molecule has 6 nitrogen and oxygen atoms in total. The molecule has 80 heavy (non-hydrogen) atoms. The largest absolute Gasteiger partial charge is 0.462 e. The number of unbranched alkanes of at least 4 members (excludes halogenated alkanes) is 35. The lowest BCUT2D eigenvalue weighted by Gasteiger charge is -2.18. The highest BCUT2D eigenvalue weighted by Crippen LogP contribution is 2.17. The van der Waals surface area contributed by atoms with Crippen molar-refractivity contribution in [3.8, 4) is 0 Å². The van der Waals surface area contributed by atoms with Crippen LogP contribution in [0.5, 0.6) is 0 Å². The zero-order valence-electron chi connectivity index (χ0n) is 52.8. The van der Waals surface area contributed by atoms with Crippen LogP contribution >= 0.6 is 0 Å². The molecule has 0 aromatic carbocycles. The van der Waals surface area contributed by atoms with Gasteiger partial charge < -0.3 is 14.2 Å². The summed E-state index contributed by atoms with van der Waals surface area (Å²) in [5.74, 6) is -0.879. The van der Waals surface area contributed by atoms with E-state index in [1.165, 1.54) is 180 Å². The first-order valence-electron chi connectivity index (χ1n) is 34.2. The van der Waals surface area contributed by atoms with Gasteiger partial charge in [-0.15, -0.1) is 0 Å². The Morgan fingerprint density at radius 1 is 0.263 bits per heavy atom. The van der Waals surface area contributed by atoms with Crippen molar-refractivity contribution in [1.82, 2.24) is 0 Å². The van der Waals surface area contributed by atoms with Gasteiger partial charge in [0.15, 0.2) is 6.10 Å². The molecule has 0 rings (SSSR count). The van der Waals surface area contributed by atoms with Crippen molar-refractivity contribution >= 4 is 17.9 Å². The van der Waals surface area contributed by atoms with Gasteiger partial charge in [-0.05, 0) is 96.3 Å². The average Bonchev–Trinajstić information content (AvgIpc) is 3.46. The Morgan fingerprint density at radius 3 is 0.800 bits per heavy atom. The van der Waals surface area contributed by atoms with Crippen LogP contribution in [0.2, 0.25) is 0 Å². The third-order valence-corrected chi connectivity index (χ3v) is 14.8. The molecule has 0 amide bonds. The second kappa shape index (κ2) is 67.8. The van der Waals surface area contributed by atoms with E-state index in [1.54, 1.807) is 0 Å². The molecule has 0 N–H and O–H groups in total. The molecular weight excluding hydrogens is 985 g/mol. The molecule has 0 bridgehead atoms. The predicted molar refractivity (Wildman–Crippen MR) is 348 cm³/mol. The van der Waals surface area contributed by atoms with Gasteiger partial charge in [0.25, 0.3) is 0 Å². The Labute approximate surface area is 496 Å². The van der Waals surface area contributed by atoms with Gasteiger partial charge in [0.1, 0.15) is 13.2 Å². The predicted octanol–water partition coefficient (Wildman–Crippen LogP) is 23.6. The minimum atomic E-state index is -0.783. The number of rotatable bonds is 62. The van der Waals surface area contributed by atoms with E-state index >= 15 is 0 Å². The summed E-state index contributed by atoms with van der Waals surface area (Å²) in [6, 6.07) is 0. The number of hydrogen-bond acceptors (Lipinski definition) is 6. The van der Waals surface area contributed by atoms with E-state index in [9.17, 15) is 14.4 Å². The highest BCUT2D eigenvalue weighted by molar-refractivity contribution is 5.71. The highest BCUT2D eigenvalue weighted by Gasteiger charge is 2.19. The lowest BCUT2D eigenvalue weighted by Crippen LogP contribution is -2.30. The lowest BCUT2D eigenvalue weighted by atomic mass is 10.0. The first kappa shape index (κ1) is 76.3. The van der Waals surface area contributed by atoms with E-state index in [2.05, 4.69) is 118 Å². The zero-order chi connectivity index (χ0) is 57.8. The first-order chi connectivity index (χ1) is 39.5. The van der Waals surface area contributed by atoms with E-state index in [1.807, 2.05) is 0 Å². The normalized spacial score (nSPS) is 12.7. The molecule has 0 saturated carbocycles. The number of esters is 3. The van der Waals surface area contributed by atoms with Gasteiger partial charge in [-0.3, -0.25) is 14.4 Å². The van der Waals surface area contributed by atoms with E-state index in [0.717, 1.165) is 116 Å². The molecule has 0 heterocycles. The van der Waals surface area contributed by atoms with Crippen molar-refractivity contribution in [2.24, 2.45) is 0 Å². The van der Waals surface area contributed by atoms with Crippen LogP contribution in [-0.4, -0.2) is 37.2 Å². The Hall–Kier alpha value is -3.67. The van der Waals surface area contributed by atoms with Crippen LogP contribution in [0, 0.1) is 0 Å². The molecule has 0 aliphatic rings. The molecule has 0 aliphatic heterocycles. The van der Waals surface area contributed by atoms with Crippen molar-refractivity contribution in [3.63, 3.8) is 0 Å². The van der Waals surface area contributed by atoms with E-state index < -0.39 is 6.10 Å². The van der Waals surface area contributed by atoms with Crippen LogP contribution < -0.4 is 0 Å². The minimum absolute atomic E-state index is 0.0794. The molecule has 6 heteroatoms. The average molecular weight is 1110 g/mol. The van der Waals surface area contributed by atoms with Crippen molar-refractivity contribution in [2.45, 2.75) is 341 Å². The van der Waals surface area contributed by atoms with Crippen molar-refractivity contribution in [3.05, 3.63) is 97.2 Å². The summed E-state index contributed by atoms with van der Waals surface area (Å²) in [6.07, 6.45) is 91.4. The summed E-state index contributed by atoms with van der Waals surface area (Å²) in [5.41, 5.74) is 0. The molecule has 0 radical (unpaired) electrons. The Balaban J connectivity index is 4.25. The van der Waals surface area contributed by atoms with Gasteiger partial charge in [-0.25, -0.2) is 0 Å². The van der Waals surface area contributed by atoms with Gasteiger partial charge >= 0.3 is 17.9 Å². The molecule has 460 valence electrons. The smallest absolute Gasteiger partial charge is 0.306 e. The van der Waals surface area contributed by atoms with Gasteiger partial charge in [0, 0.05) is 19.3 Å². The minimum Gasteiger partial charge on any atom is -0.462 e. The standard InChI is InChI=1S/C74H128O6/c1-4-7-10-13-16-19-22-25-28-30-31-32-33-34-35-36-37-38-39-40-41-42-43-45-46-49-52-55-58-61-64-67-73(76)79-70-71(69-78-72(75)66-63-60-57-54-51-48-27-24-21-18-15-12-9-6-3)80-74(77)68-65-62-59-56-53-50-47-44-29-26-23-20-17-14-11-8-5-2/h7,10,15-16,18-19,24-25,27-28,31-32,34-35,37-38,71H,4-6,8-9,11-14,17,20-23,26,29-30,33,36,39-70H2,1-3H3/b10-7-,18-15-,19-16-,27-24-,28-25-,32-31-,35-34-,38-37-. The molecule has 0 aromatic heterocycles. The summed E-state index contributed by atoms with van der Waals surface area (Å²) in [5, 5.41) is 0. The molecule has 1 unspecified atom stereocenters. The van der Waals surface area contributed by atoms with Gasteiger partial charge in [0.05, 0.1) is 0 Å². The fraction of sp³-hybridized carbons (Fsp3) is 0.743. The molecule has 1 atom stereocenters. The topological polar surface area (TPSA) is 78.9 Å². The quantitative estimate of drug-likeness (QED) is 0.0261. The molecule has 0 fully saturated rings. The summed E-state index contributed by atoms with van der Waals surface area (Å²) in [6.45, 7) is 6.51. The van der Waals surface area contributed by atoms with Crippen LogP contribution in [0.25, 0.3) is 0 Å². The third-order valence-electron chi connectivity index (χ3n) is 14.8. The van der Waals surface area contributed by atoms with Crippen LogP contribution in [0.4, 0.5) is 0 Å². The fourth-order valence-electron chi connectivity index (χ4n) is 9.70. The maximum atomic E-state index is 12.9. The van der Waals surface area contributed by atoms with E-state index in [4.69, 9.17) is 14.2 Å². The van der Waals surface area contributed by atoms with Crippen LogP contribution in [0.1, 0.15) is 335 Å². The first-order valence-corrected chi connectivity index (χ1v) is 34.2. The van der Waals surface area contributed by atoms with Crippen LogP contribution in [0.3, 0.4) is 0 Å². The van der Waals surface area contributed by atoms with Crippen LogP contribution in [-0.2, 0) is 28.6 Å². The van der Waals surface area contributed by atoms with Crippen molar-refractivity contribution in [1.29, 1.82) is 0 Å². The monoisotopic (exact) mass is 1110 g/mol.